The fraction of sp³-hybridized carbons (Fsp3) is 0.923. The van der Waals surface area contributed by atoms with Crippen LogP contribution >= 0.6 is 0 Å². The van der Waals surface area contributed by atoms with E-state index in [1.165, 1.54) is 12.8 Å². The van der Waals surface area contributed by atoms with Crippen molar-refractivity contribution >= 4 is 5.91 Å². The minimum absolute atomic E-state index is 0.332. The average molecular weight is 226 g/mol. The van der Waals surface area contributed by atoms with Crippen molar-refractivity contribution in [3.63, 3.8) is 0 Å². The van der Waals surface area contributed by atoms with E-state index < -0.39 is 0 Å². The van der Waals surface area contributed by atoms with Gasteiger partial charge in [0.15, 0.2) is 0 Å². The molecule has 1 saturated carbocycles. The van der Waals surface area contributed by atoms with E-state index in [0.717, 1.165) is 38.4 Å². The topological polar surface area (TPSA) is 46.3 Å². The largest absolute Gasteiger partial charge is 0.343 e. The third kappa shape index (κ3) is 4.97. The number of rotatable bonds is 8. The van der Waals surface area contributed by atoms with Gasteiger partial charge >= 0.3 is 0 Å². The molecule has 1 unspecified atom stereocenters. The molecule has 3 nitrogen and oxygen atoms in total. The van der Waals surface area contributed by atoms with Gasteiger partial charge in [-0.15, -0.1) is 0 Å². The molecule has 0 aromatic heterocycles. The molecule has 1 atom stereocenters. The summed E-state index contributed by atoms with van der Waals surface area (Å²) in [5, 5.41) is 0. The monoisotopic (exact) mass is 226 g/mol. The van der Waals surface area contributed by atoms with Crippen LogP contribution in [-0.2, 0) is 4.79 Å². The normalized spacial score (nSPS) is 17.2. The molecule has 0 heterocycles. The van der Waals surface area contributed by atoms with Crippen molar-refractivity contribution in [1.29, 1.82) is 0 Å². The quantitative estimate of drug-likeness (QED) is 0.688. The summed E-state index contributed by atoms with van der Waals surface area (Å²) in [6, 6.07) is 0. The summed E-state index contributed by atoms with van der Waals surface area (Å²) in [7, 11) is 0. The molecule has 0 saturated heterocycles. The second-order valence-corrected chi connectivity index (χ2v) is 5.10. The number of amides is 1. The van der Waals surface area contributed by atoms with E-state index in [9.17, 15) is 4.79 Å². The van der Waals surface area contributed by atoms with Crippen LogP contribution in [0.5, 0.6) is 0 Å². The summed E-state index contributed by atoms with van der Waals surface area (Å²) in [5.74, 6) is 1.71. The zero-order valence-corrected chi connectivity index (χ0v) is 10.7. The lowest BCUT2D eigenvalue weighted by molar-refractivity contribution is -0.131. The molecule has 0 aliphatic heterocycles. The van der Waals surface area contributed by atoms with Crippen molar-refractivity contribution < 1.29 is 4.79 Å². The van der Waals surface area contributed by atoms with Crippen molar-refractivity contribution in [2.24, 2.45) is 17.6 Å². The molecule has 0 radical (unpaired) electrons. The zero-order chi connectivity index (χ0) is 12.0. The maximum Gasteiger partial charge on any atom is 0.222 e. The van der Waals surface area contributed by atoms with E-state index in [1.807, 2.05) is 4.90 Å². The Morgan fingerprint density at radius 3 is 2.62 bits per heavy atom. The minimum Gasteiger partial charge on any atom is -0.343 e. The summed E-state index contributed by atoms with van der Waals surface area (Å²) in [4.78, 5) is 14.0. The standard InChI is InChI=1S/C13H26N2O/c1-3-15(10-12-5-6-12)13(16)7-4-11(2)8-9-14/h11-12H,3-10,14H2,1-2H3. The first-order valence-electron chi connectivity index (χ1n) is 6.65. The lowest BCUT2D eigenvalue weighted by Crippen LogP contribution is -2.32. The fourth-order valence-corrected chi connectivity index (χ4v) is 1.98. The molecule has 1 amide bonds. The van der Waals surface area contributed by atoms with Crippen LogP contribution in [0.3, 0.4) is 0 Å². The predicted octanol–water partition coefficient (Wildman–Crippen LogP) is 2.01. The molecule has 3 heteroatoms. The van der Waals surface area contributed by atoms with Crippen LogP contribution in [0.15, 0.2) is 0 Å². The molecule has 94 valence electrons. The van der Waals surface area contributed by atoms with Crippen LogP contribution < -0.4 is 5.73 Å². The predicted molar refractivity (Wildman–Crippen MR) is 67.0 cm³/mol. The first-order valence-corrected chi connectivity index (χ1v) is 6.65. The van der Waals surface area contributed by atoms with Crippen LogP contribution in [0.25, 0.3) is 0 Å². The van der Waals surface area contributed by atoms with Crippen molar-refractivity contribution in [2.75, 3.05) is 19.6 Å². The van der Waals surface area contributed by atoms with Gasteiger partial charge in [-0.2, -0.15) is 0 Å². The highest BCUT2D eigenvalue weighted by Gasteiger charge is 2.25. The van der Waals surface area contributed by atoms with E-state index in [-0.39, 0.29) is 0 Å². The number of carbonyl (C=O) groups excluding carboxylic acids is 1. The smallest absolute Gasteiger partial charge is 0.222 e. The van der Waals surface area contributed by atoms with E-state index in [1.54, 1.807) is 0 Å². The van der Waals surface area contributed by atoms with Gasteiger partial charge < -0.3 is 10.6 Å². The lowest BCUT2D eigenvalue weighted by Gasteiger charge is -2.21. The Morgan fingerprint density at radius 1 is 1.44 bits per heavy atom. The van der Waals surface area contributed by atoms with Crippen LogP contribution in [0.2, 0.25) is 0 Å². The van der Waals surface area contributed by atoms with Crippen molar-refractivity contribution in [3.8, 4) is 0 Å². The number of hydrogen-bond donors (Lipinski definition) is 1. The first kappa shape index (κ1) is 13.5. The Morgan fingerprint density at radius 2 is 2.12 bits per heavy atom. The Labute approximate surface area is 99.4 Å². The highest BCUT2D eigenvalue weighted by molar-refractivity contribution is 5.76. The molecule has 0 aromatic rings. The molecule has 1 aliphatic rings. The van der Waals surface area contributed by atoms with Gasteiger partial charge in [0.05, 0.1) is 0 Å². The highest BCUT2D eigenvalue weighted by Crippen LogP contribution is 2.29. The molecule has 0 spiro atoms. The maximum atomic E-state index is 11.9. The van der Waals surface area contributed by atoms with E-state index >= 15 is 0 Å². The molecular formula is C13H26N2O. The summed E-state index contributed by atoms with van der Waals surface area (Å²) >= 11 is 0. The van der Waals surface area contributed by atoms with E-state index in [2.05, 4.69) is 13.8 Å². The molecular weight excluding hydrogens is 200 g/mol. The van der Waals surface area contributed by atoms with Gasteiger partial charge in [-0.3, -0.25) is 4.79 Å². The van der Waals surface area contributed by atoms with Crippen molar-refractivity contribution in [3.05, 3.63) is 0 Å². The minimum atomic E-state index is 0.332. The first-order chi connectivity index (χ1) is 7.67. The fourth-order valence-electron chi connectivity index (χ4n) is 1.98. The number of nitrogens with two attached hydrogens (primary N) is 1. The van der Waals surface area contributed by atoms with Gasteiger partial charge in [0.25, 0.3) is 0 Å². The van der Waals surface area contributed by atoms with Gasteiger partial charge in [-0.05, 0) is 51.0 Å². The van der Waals surface area contributed by atoms with Crippen LogP contribution in [-0.4, -0.2) is 30.4 Å². The molecule has 1 rings (SSSR count). The number of carbonyl (C=O) groups is 1. The Hall–Kier alpha value is -0.570. The van der Waals surface area contributed by atoms with Gasteiger partial charge in [-0.1, -0.05) is 6.92 Å². The molecule has 1 aliphatic carbocycles. The zero-order valence-electron chi connectivity index (χ0n) is 10.7. The Kier molecular flexibility index (Phi) is 5.81. The average Bonchev–Trinajstić information content (AvgIpc) is 3.07. The van der Waals surface area contributed by atoms with Gasteiger partial charge in [0.1, 0.15) is 0 Å². The van der Waals surface area contributed by atoms with Crippen LogP contribution in [0, 0.1) is 11.8 Å². The van der Waals surface area contributed by atoms with Crippen molar-refractivity contribution in [1.82, 2.24) is 4.90 Å². The maximum absolute atomic E-state index is 11.9. The Balaban J connectivity index is 2.20. The molecule has 0 aromatic carbocycles. The highest BCUT2D eigenvalue weighted by atomic mass is 16.2. The second-order valence-electron chi connectivity index (χ2n) is 5.10. The summed E-state index contributed by atoms with van der Waals surface area (Å²) in [6.45, 7) is 6.83. The SMILES string of the molecule is CCN(CC1CC1)C(=O)CCC(C)CCN. The lowest BCUT2D eigenvalue weighted by atomic mass is 10.0. The summed E-state index contributed by atoms with van der Waals surface area (Å²) in [5.41, 5.74) is 5.50. The van der Waals surface area contributed by atoms with Gasteiger partial charge in [0, 0.05) is 19.5 Å². The van der Waals surface area contributed by atoms with Crippen molar-refractivity contribution in [2.45, 2.75) is 46.0 Å². The van der Waals surface area contributed by atoms with E-state index in [4.69, 9.17) is 5.73 Å². The van der Waals surface area contributed by atoms with Crippen LogP contribution in [0.4, 0.5) is 0 Å². The van der Waals surface area contributed by atoms with E-state index in [0.29, 0.717) is 18.2 Å². The molecule has 2 N–H and O–H groups in total. The molecule has 16 heavy (non-hydrogen) atoms. The summed E-state index contributed by atoms with van der Waals surface area (Å²) < 4.78 is 0. The summed E-state index contributed by atoms with van der Waals surface area (Å²) in [6.07, 6.45) is 5.33. The van der Waals surface area contributed by atoms with Gasteiger partial charge in [-0.25, -0.2) is 0 Å². The number of hydrogen-bond acceptors (Lipinski definition) is 2. The number of nitrogens with zero attached hydrogens (tertiary/aromatic N) is 1. The molecule has 0 bridgehead atoms. The molecule has 1 fully saturated rings. The van der Waals surface area contributed by atoms with Gasteiger partial charge in [0.2, 0.25) is 5.91 Å². The van der Waals surface area contributed by atoms with Crippen LogP contribution in [0.1, 0.15) is 46.0 Å². The third-order valence-corrected chi connectivity index (χ3v) is 3.42. The second kappa shape index (κ2) is 6.89. The third-order valence-electron chi connectivity index (χ3n) is 3.42. The Bertz CT molecular complexity index is 214.